The first-order valence-corrected chi connectivity index (χ1v) is 11.2. The summed E-state index contributed by atoms with van der Waals surface area (Å²) in [4.78, 5) is 2.60. The van der Waals surface area contributed by atoms with Crippen LogP contribution in [0.15, 0.2) is 54.6 Å². The van der Waals surface area contributed by atoms with Gasteiger partial charge in [-0.3, -0.25) is 4.90 Å². The highest BCUT2D eigenvalue weighted by Gasteiger charge is 2.26. The molecule has 1 aliphatic rings. The highest BCUT2D eigenvalue weighted by atomic mass is 19.1. The summed E-state index contributed by atoms with van der Waals surface area (Å²) in [5.74, 6) is 0.118. The molecule has 0 aliphatic heterocycles. The van der Waals surface area contributed by atoms with Crippen molar-refractivity contribution in [2.75, 3.05) is 6.54 Å². The summed E-state index contributed by atoms with van der Waals surface area (Å²) >= 11 is 0. The predicted molar refractivity (Wildman–Crippen MR) is 117 cm³/mol. The van der Waals surface area contributed by atoms with Crippen molar-refractivity contribution in [2.24, 2.45) is 0 Å². The first kappa shape index (κ1) is 21.0. The van der Waals surface area contributed by atoms with Crippen molar-refractivity contribution in [3.05, 3.63) is 71.3 Å². The van der Waals surface area contributed by atoms with Crippen LogP contribution in [0, 0.1) is 0 Å². The Morgan fingerprint density at radius 3 is 2.29 bits per heavy atom. The molecule has 0 aromatic heterocycles. The molecule has 1 fully saturated rings. The van der Waals surface area contributed by atoms with Crippen molar-refractivity contribution >= 4 is 0 Å². The van der Waals surface area contributed by atoms with E-state index >= 15 is 0 Å². The normalized spacial score (nSPS) is 21.0. The average molecular weight is 382 g/mol. The first-order valence-electron chi connectivity index (χ1n) is 11.2. The molecular weight excluding hydrogens is 345 g/mol. The van der Waals surface area contributed by atoms with Gasteiger partial charge in [0.2, 0.25) is 0 Å². The lowest BCUT2D eigenvalue weighted by Gasteiger charge is -2.30. The standard InChI is InChI=1S/C26H36FN/c1-3-24(28(4-2)20-22-10-6-5-7-11-22)19-16-21-14-17-23(18-15-21)25-12-8-9-13-26(25)27/h5-7,10-11,14-15,17-18,24-26H,3-4,8-9,12-13,16,19-20H2,1-2H3. The largest absolute Gasteiger partial charge is 0.296 e. The molecule has 0 heterocycles. The zero-order valence-corrected chi connectivity index (χ0v) is 17.6. The summed E-state index contributed by atoms with van der Waals surface area (Å²) in [6, 6.07) is 20.2. The number of benzene rings is 2. The monoisotopic (exact) mass is 381 g/mol. The van der Waals surface area contributed by atoms with Crippen LogP contribution in [0.5, 0.6) is 0 Å². The lowest BCUT2D eigenvalue weighted by Crippen LogP contribution is -2.34. The van der Waals surface area contributed by atoms with Gasteiger partial charge in [0.1, 0.15) is 6.17 Å². The fourth-order valence-corrected chi connectivity index (χ4v) is 4.69. The second-order valence-electron chi connectivity index (χ2n) is 8.30. The van der Waals surface area contributed by atoms with Gasteiger partial charge in [0, 0.05) is 18.5 Å². The molecule has 2 aromatic rings. The van der Waals surface area contributed by atoms with Crippen LogP contribution in [-0.2, 0) is 13.0 Å². The maximum absolute atomic E-state index is 14.2. The fraction of sp³-hybridized carbons (Fsp3) is 0.538. The van der Waals surface area contributed by atoms with Gasteiger partial charge in [0.15, 0.2) is 0 Å². The Bertz CT molecular complexity index is 681. The van der Waals surface area contributed by atoms with Gasteiger partial charge >= 0.3 is 0 Å². The fourth-order valence-electron chi connectivity index (χ4n) is 4.69. The van der Waals surface area contributed by atoms with Crippen molar-refractivity contribution in [2.45, 2.75) is 83.5 Å². The van der Waals surface area contributed by atoms with Gasteiger partial charge in [-0.15, -0.1) is 0 Å². The summed E-state index contributed by atoms with van der Waals surface area (Å²) in [7, 11) is 0. The molecule has 3 unspecified atom stereocenters. The Hall–Kier alpha value is -1.67. The van der Waals surface area contributed by atoms with Crippen molar-refractivity contribution in [3.8, 4) is 0 Å². The van der Waals surface area contributed by atoms with Gasteiger partial charge in [-0.25, -0.2) is 4.39 Å². The summed E-state index contributed by atoms with van der Waals surface area (Å²) in [5.41, 5.74) is 3.96. The van der Waals surface area contributed by atoms with E-state index in [2.05, 4.69) is 73.3 Å². The lowest BCUT2D eigenvalue weighted by molar-refractivity contribution is 0.182. The number of hydrogen-bond acceptors (Lipinski definition) is 1. The van der Waals surface area contributed by atoms with E-state index in [4.69, 9.17) is 0 Å². The van der Waals surface area contributed by atoms with E-state index in [1.807, 2.05) is 0 Å². The van der Waals surface area contributed by atoms with Gasteiger partial charge in [-0.1, -0.05) is 81.3 Å². The van der Waals surface area contributed by atoms with E-state index in [1.165, 1.54) is 36.0 Å². The number of halogens is 1. The Morgan fingerprint density at radius 2 is 1.64 bits per heavy atom. The molecule has 2 aromatic carbocycles. The molecule has 0 radical (unpaired) electrons. The second-order valence-corrected chi connectivity index (χ2v) is 8.30. The average Bonchev–Trinajstić information content (AvgIpc) is 2.75. The molecule has 0 amide bonds. The zero-order valence-electron chi connectivity index (χ0n) is 17.6. The molecule has 2 heteroatoms. The topological polar surface area (TPSA) is 3.24 Å². The molecule has 152 valence electrons. The van der Waals surface area contributed by atoms with Crippen LogP contribution in [0.3, 0.4) is 0 Å². The molecule has 0 saturated heterocycles. The van der Waals surface area contributed by atoms with Gasteiger partial charge in [0.25, 0.3) is 0 Å². The van der Waals surface area contributed by atoms with Crippen LogP contribution >= 0.6 is 0 Å². The number of rotatable bonds is 9. The minimum absolute atomic E-state index is 0.118. The third kappa shape index (κ3) is 5.67. The molecule has 28 heavy (non-hydrogen) atoms. The number of aryl methyl sites for hydroxylation is 1. The van der Waals surface area contributed by atoms with E-state index in [0.29, 0.717) is 6.04 Å². The molecule has 1 nitrogen and oxygen atoms in total. The Morgan fingerprint density at radius 1 is 0.929 bits per heavy atom. The Balaban J connectivity index is 1.56. The van der Waals surface area contributed by atoms with Gasteiger partial charge in [0.05, 0.1) is 0 Å². The lowest BCUT2D eigenvalue weighted by atomic mass is 9.82. The first-order chi connectivity index (χ1) is 13.7. The highest BCUT2D eigenvalue weighted by molar-refractivity contribution is 5.27. The Labute approximate surface area is 171 Å². The molecule has 1 saturated carbocycles. The summed E-state index contributed by atoms with van der Waals surface area (Å²) in [6.45, 7) is 6.66. The maximum Gasteiger partial charge on any atom is 0.107 e. The third-order valence-corrected chi connectivity index (χ3v) is 6.48. The molecule has 0 spiro atoms. The number of nitrogens with zero attached hydrogens (tertiary/aromatic N) is 1. The molecule has 3 atom stereocenters. The van der Waals surface area contributed by atoms with Crippen molar-refractivity contribution in [3.63, 3.8) is 0 Å². The highest BCUT2D eigenvalue weighted by Crippen LogP contribution is 2.35. The van der Waals surface area contributed by atoms with E-state index < -0.39 is 6.17 Å². The third-order valence-electron chi connectivity index (χ3n) is 6.48. The number of alkyl halides is 1. The second kappa shape index (κ2) is 10.8. The van der Waals surface area contributed by atoms with Gasteiger partial charge in [-0.2, -0.15) is 0 Å². The van der Waals surface area contributed by atoms with Crippen LogP contribution < -0.4 is 0 Å². The van der Waals surface area contributed by atoms with Gasteiger partial charge in [-0.05, 0) is 55.3 Å². The van der Waals surface area contributed by atoms with Crippen LogP contribution in [-0.4, -0.2) is 23.7 Å². The smallest absolute Gasteiger partial charge is 0.107 e. The minimum atomic E-state index is -0.653. The summed E-state index contributed by atoms with van der Waals surface area (Å²) in [6.07, 6.45) is 6.73. The Kier molecular flexibility index (Phi) is 8.09. The molecule has 3 rings (SSSR count). The van der Waals surface area contributed by atoms with Crippen molar-refractivity contribution in [1.29, 1.82) is 0 Å². The van der Waals surface area contributed by atoms with Crippen molar-refractivity contribution in [1.82, 2.24) is 4.90 Å². The van der Waals surface area contributed by atoms with Crippen molar-refractivity contribution < 1.29 is 4.39 Å². The van der Waals surface area contributed by atoms with E-state index in [0.717, 1.165) is 38.8 Å². The number of hydrogen-bond donors (Lipinski definition) is 0. The van der Waals surface area contributed by atoms with E-state index in [9.17, 15) is 4.39 Å². The minimum Gasteiger partial charge on any atom is -0.296 e. The quantitative estimate of drug-likeness (QED) is 0.456. The van der Waals surface area contributed by atoms with Gasteiger partial charge < -0.3 is 0 Å². The van der Waals surface area contributed by atoms with E-state index in [1.54, 1.807) is 0 Å². The van der Waals surface area contributed by atoms with Crippen LogP contribution in [0.2, 0.25) is 0 Å². The summed E-state index contributed by atoms with van der Waals surface area (Å²) in [5, 5.41) is 0. The van der Waals surface area contributed by atoms with Crippen LogP contribution in [0.25, 0.3) is 0 Å². The van der Waals surface area contributed by atoms with Crippen LogP contribution in [0.1, 0.15) is 75.0 Å². The SMILES string of the molecule is CCC(CCc1ccc(C2CCCCC2F)cc1)N(CC)Cc1ccccc1. The van der Waals surface area contributed by atoms with Crippen LogP contribution in [0.4, 0.5) is 4.39 Å². The molecular formula is C26H36FN. The maximum atomic E-state index is 14.2. The zero-order chi connectivity index (χ0) is 19.8. The predicted octanol–water partition coefficient (Wildman–Crippen LogP) is 6.92. The van der Waals surface area contributed by atoms with E-state index in [-0.39, 0.29) is 5.92 Å². The molecule has 0 bridgehead atoms. The molecule has 1 aliphatic carbocycles. The summed E-state index contributed by atoms with van der Waals surface area (Å²) < 4.78 is 14.2. The molecule has 0 N–H and O–H groups in total.